The minimum Gasteiger partial charge on any atom is -0.355 e. The van der Waals surface area contributed by atoms with Crippen LogP contribution in [-0.4, -0.2) is 67.2 Å². The first-order valence-corrected chi connectivity index (χ1v) is 14.1. The van der Waals surface area contributed by atoms with Crippen LogP contribution >= 0.6 is 0 Å². The number of nitrogens with zero attached hydrogens (tertiary/aromatic N) is 6. The van der Waals surface area contributed by atoms with Crippen molar-refractivity contribution >= 4 is 39.5 Å². The molecule has 0 atom stereocenters. The average molecular weight is 537 g/mol. The van der Waals surface area contributed by atoms with Gasteiger partial charge in [-0.15, -0.1) is 0 Å². The Labute approximate surface area is 231 Å². The second kappa shape index (κ2) is 10.6. The van der Waals surface area contributed by atoms with Gasteiger partial charge >= 0.3 is 0 Å². The van der Waals surface area contributed by atoms with E-state index in [9.17, 15) is 4.79 Å². The fraction of sp³-hybridized carbons (Fsp3) is 0.379. The highest BCUT2D eigenvalue weighted by molar-refractivity contribution is 5.96. The second-order valence-corrected chi connectivity index (χ2v) is 10.8. The highest BCUT2D eigenvalue weighted by atomic mass is 16.1. The number of aromatic nitrogens is 7. The highest BCUT2D eigenvalue weighted by Crippen LogP contribution is 2.32. The Balaban J connectivity index is 1.17. The Kier molecular flexibility index (Phi) is 6.56. The molecule has 0 bridgehead atoms. The molecule has 0 aliphatic carbocycles. The van der Waals surface area contributed by atoms with Gasteiger partial charge in [0.1, 0.15) is 11.2 Å². The summed E-state index contributed by atoms with van der Waals surface area (Å²) in [6.07, 6.45) is 13.3. The van der Waals surface area contributed by atoms with E-state index >= 15 is 0 Å². The Bertz CT molecular complexity index is 1660. The number of piperidine rings is 2. The lowest BCUT2D eigenvalue weighted by molar-refractivity contribution is -0.117. The van der Waals surface area contributed by atoms with Gasteiger partial charge in [-0.1, -0.05) is 0 Å². The van der Waals surface area contributed by atoms with Gasteiger partial charge < -0.3 is 20.5 Å². The number of hydrogen-bond acceptors (Lipinski definition) is 8. The molecule has 4 N–H and O–H groups in total. The summed E-state index contributed by atoms with van der Waals surface area (Å²) in [6, 6.07) is 5.93. The van der Waals surface area contributed by atoms with E-state index in [1.165, 1.54) is 19.3 Å². The highest BCUT2D eigenvalue weighted by Gasteiger charge is 2.21. The van der Waals surface area contributed by atoms with Gasteiger partial charge in [0.05, 0.1) is 22.8 Å². The molecule has 0 spiro atoms. The number of carbonyl (C=O) groups is 1. The molecule has 2 aliphatic heterocycles. The minimum absolute atomic E-state index is 0.0276. The van der Waals surface area contributed by atoms with E-state index in [1.807, 2.05) is 24.4 Å². The van der Waals surface area contributed by atoms with Crippen molar-refractivity contribution in [2.75, 3.05) is 36.4 Å². The molecule has 0 unspecified atom stereocenters. The number of rotatable bonds is 6. The van der Waals surface area contributed by atoms with Crippen LogP contribution in [0, 0.1) is 5.92 Å². The molecular weight excluding hydrogens is 504 g/mol. The number of pyridine rings is 3. The van der Waals surface area contributed by atoms with Crippen LogP contribution in [0.4, 0.5) is 11.5 Å². The van der Waals surface area contributed by atoms with Crippen molar-refractivity contribution in [3.8, 4) is 22.6 Å². The number of amides is 1. The second-order valence-electron chi connectivity index (χ2n) is 10.8. The lowest BCUT2D eigenvalue weighted by atomic mass is 9.94. The number of aromatic amines is 2. The third-order valence-electron chi connectivity index (χ3n) is 7.97. The van der Waals surface area contributed by atoms with Crippen molar-refractivity contribution in [3.63, 3.8) is 0 Å². The van der Waals surface area contributed by atoms with Crippen molar-refractivity contribution in [2.24, 2.45) is 5.92 Å². The first-order chi connectivity index (χ1) is 19.7. The quantitative estimate of drug-likeness (QED) is 0.252. The Morgan fingerprint density at radius 2 is 1.88 bits per heavy atom. The molecule has 0 aromatic carbocycles. The number of hydrogen-bond donors (Lipinski definition) is 4. The van der Waals surface area contributed by atoms with Crippen molar-refractivity contribution in [2.45, 2.75) is 38.5 Å². The van der Waals surface area contributed by atoms with Crippen LogP contribution in [0.2, 0.25) is 0 Å². The maximum Gasteiger partial charge on any atom is 0.224 e. The summed E-state index contributed by atoms with van der Waals surface area (Å²) in [6.45, 7) is 3.95. The Morgan fingerprint density at radius 3 is 2.75 bits per heavy atom. The molecule has 0 radical (unpaired) electrons. The van der Waals surface area contributed by atoms with E-state index in [-0.39, 0.29) is 5.91 Å². The van der Waals surface area contributed by atoms with E-state index in [0.717, 1.165) is 72.4 Å². The molecular formula is C29H32N10O. The molecule has 204 valence electrons. The summed E-state index contributed by atoms with van der Waals surface area (Å²) < 4.78 is 0. The molecule has 11 heteroatoms. The molecule has 5 aromatic heterocycles. The average Bonchev–Trinajstić information content (AvgIpc) is 3.62. The van der Waals surface area contributed by atoms with Crippen molar-refractivity contribution in [3.05, 3.63) is 43.0 Å². The van der Waals surface area contributed by atoms with E-state index in [0.29, 0.717) is 35.2 Å². The third-order valence-corrected chi connectivity index (χ3v) is 7.97. The van der Waals surface area contributed by atoms with E-state index in [1.54, 1.807) is 18.6 Å². The van der Waals surface area contributed by atoms with Crippen LogP contribution in [-0.2, 0) is 4.79 Å². The molecule has 2 fully saturated rings. The Morgan fingerprint density at radius 1 is 1.02 bits per heavy atom. The SMILES string of the molecule is O=C(CC1CCNCC1)Nc1cncc(-c2cnc3[nH]nc(-c4nc5c(N6CCCCC6)nccc5[nH]4)c3c2)c1. The van der Waals surface area contributed by atoms with Gasteiger partial charge in [-0.05, 0) is 69.3 Å². The van der Waals surface area contributed by atoms with Gasteiger partial charge in [-0.25, -0.2) is 15.0 Å². The summed E-state index contributed by atoms with van der Waals surface area (Å²) in [5.74, 6) is 2.04. The maximum atomic E-state index is 12.7. The van der Waals surface area contributed by atoms with Gasteiger partial charge in [0.2, 0.25) is 5.91 Å². The standard InChI is InChI=1S/C29H32N10O/c40-24(12-18-4-7-30-8-5-18)34-21-13-19(15-31-17-21)20-14-22-25(37-38-27(22)33-16-20)28-35-23-6-9-32-29(26(23)36-28)39-10-2-1-3-11-39/h6,9,13-18,30H,1-5,7-8,10-12H2,(H,34,40)(H,35,36)(H,33,37,38). The van der Waals surface area contributed by atoms with Gasteiger partial charge in [0.25, 0.3) is 0 Å². The summed E-state index contributed by atoms with van der Waals surface area (Å²) >= 11 is 0. The van der Waals surface area contributed by atoms with Crippen molar-refractivity contribution in [1.82, 2.24) is 40.4 Å². The maximum absolute atomic E-state index is 12.7. The molecule has 11 nitrogen and oxygen atoms in total. The van der Waals surface area contributed by atoms with E-state index < -0.39 is 0 Å². The Hall–Kier alpha value is -4.38. The molecule has 1 amide bonds. The molecule has 7 heterocycles. The smallest absolute Gasteiger partial charge is 0.224 e. The van der Waals surface area contributed by atoms with Crippen molar-refractivity contribution < 1.29 is 4.79 Å². The summed E-state index contributed by atoms with van der Waals surface area (Å²) in [7, 11) is 0. The largest absolute Gasteiger partial charge is 0.355 e. The molecule has 2 saturated heterocycles. The van der Waals surface area contributed by atoms with Crippen LogP contribution in [0.1, 0.15) is 38.5 Å². The van der Waals surface area contributed by atoms with Gasteiger partial charge in [-0.2, -0.15) is 5.10 Å². The number of fused-ring (bicyclic) bond motifs is 2. The first-order valence-electron chi connectivity index (χ1n) is 14.1. The number of anilines is 2. The summed E-state index contributed by atoms with van der Waals surface area (Å²) in [5, 5.41) is 14.8. The monoisotopic (exact) mass is 536 g/mol. The molecule has 7 rings (SSSR count). The summed E-state index contributed by atoms with van der Waals surface area (Å²) in [5.41, 5.74) is 5.59. The zero-order valence-electron chi connectivity index (χ0n) is 22.3. The van der Waals surface area contributed by atoms with Crippen LogP contribution < -0.4 is 15.5 Å². The van der Waals surface area contributed by atoms with Crippen LogP contribution in [0.3, 0.4) is 0 Å². The number of nitrogens with one attached hydrogen (secondary N) is 4. The summed E-state index contributed by atoms with van der Waals surface area (Å²) in [4.78, 5) is 37.0. The third kappa shape index (κ3) is 4.88. The topological polar surface area (TPSA) is 140 Å². The van der Waals surface area contributed by atoms with Crippen LogP contribution in [0.15, 0.2) is 43.0 Å². The first kappa shape index (κ1) is 24.6. The molecule has 0 saturated carbocycles. The van der Waals surface area contributed by atoms with Crippen LogP contribution in [0.5, 0.6) is 0 Å². The number of H-pyrrole nitrogens is 2. The van der Waals surface area contributed by atoms with Crippen molar-refractivity contribution in [1.29, 1.82) is 0 Å². The van der Waals surface area contributed by atoms with Gasteiger partial charge in [0.15, 0.2) is 17.3 Å². The lowest BCUT2D eigenvalue weighted by Gasteiger charge is -2.27. The molecule has 5 aromatic rings. The number of imidazole rings is 1. The molecule has 40 heavy (non-hydrogen) atoms. The number of carbonyl (C=O) groups excluding carboxylic acids is 1. The van der Waals surface area contributed by atoms with Gasteiger partial charge in [0, 0.05) is 49.2 Å². The molecule has 2 aliphatic rings. The van der Waals surface area contributed by atoms with E-state index in [4.69, 9.17) is 4.98 Å². The fourth-order valence-corrected chi connectivity index (χ4v) is 5.84. The lowest BCUT2D eigenvalue weighted by Crippen LogP contribution is -2.30. The predicted octanol–water partition coefficient (Wildman–Crippen LogP) is 4.28. The van der Waals surface area contributed by atoms with Crippen LogP contribution in [0.25, 0.3) is 44.7 Å². The zero-order valence-corrected chi connectivity index (χ0v) is 22.3. The fourth-order valence-electron chi connectivity index (χ4n) is 5.84. The van der Waals surface area contributed by atoms with E-state index in [2.05, 4.69) is 45.7 Å². The predicted molar refractivity (Wildman–Crippen MR) is 155 cm³/mol. The minimum atomic E-state index is 0.0276. The van der Waals surface area contributed by atoms with Gasteiger partial charge in [-0.3, -0.25) is 14.9 Å². The zero-order chi connectivity index (χ0) is 26.9. The normalized spacial score (nSPS) is 16.6.